The fourth-order valence-electron chi connectivity index (χ4n) is 1.52. The Morgan fingerprint density at radius 2 is 1.33 bits per heavy atom. The van der Waals surface area contributed by atoms with Gasteiger partial charge in [-0.3, -0.25) is 0 Å². The molecule has 0 aliphatic carbocycles. The van der Waals surface area contributed by atoms with Gasteiger partial charge in [-0.25, -0.2) is 0 Å². The number of hydrogen-bond donors (Lipinski definition) is 0. The van der Waals surface area contributed by atoms with Crippen LogP contribution in [0.1, 0.15) is 24.0 Å². The fraction of sp³-hybridized carbons (Fsp3) is 0.143. The first-order valence-electron chi connectivity index (χ1n) is 4.81. The smallest absolute Gasteiger partial charge is 0.180 e. The molecule has 0 fully saturated rings. The van der Waals surface area contributed by atoms with E-state index in [1.807, 2.05) is 36.4 Å². The SMILES string of the molecule is CC(c1[c-]cccc1)c1[c-]cccc1.[W+2]. The molecule has 0 aliphatic heterocycles. The summed E-state index contributed by atoms with van der Waals surface area (Å²) >= 11 is 0. The molecule has 2 rings (SSSR count). The largest absolute Gasteiger partial charge is 2.00 e. The zero-order valence-electron chi connectivity index (χ0n) is 8.60. The van der Waals surface area contributed by atoms with Crippen molar-refractivity contribution in [1.82, 2.24) is 0 Å². The maximum absolute atomic E-state index is 3.25. The Labute approximate surface area is 106 Å². The van der Waals surface area contributed by atoms with E-state index < -0.39 is 0 Å². The van der Waals surface area contributed by atoms with Gasteiger partial charge in [0.25, 0.3) is 0 Å². The summed E-state index contributed by atoms with van der Waals surface area (Å²) < 4.78 is 0. The first-order valence-corrected chi connectivity index (χ1v) is 4.81. The predicted octanol–water partition coefficient (Wildman–Crippen LogP) is 3.44. The molecule has 0 spiro atoms. The third kappa shape index (κ3) is 3.04. The van der Waals surface area contributed by atoms with Gasteiger partial charge in [0.2, 0.25) is 0 Å². The maximum atomic E-state index is 3.25. The molecule has 2 aromatic carbocycles. The monoisotopic (exact) mass is 364 g/mol. The molecule has 0 aliphatic rings. The summed E-state index contributed by atoms with van der Waals surface area (Å²) in [6, 6.07) is 22.7. The summed E-state index contributed by atoms with van der Waals surface area (Å²) in [7, 11) is 0. The van der Waals surface area contributed by atoms with Gasteiger partial charge in [0.05, 0.1) is 0 Å². The quantitative estimate of drug-likeness (QED) is 0.717. The number of rotatable bonds is 2. The van der Waals surface area contributed by atoms with E-state index in [0.29, 0.717) is 5.92 Å². The van der Waals surface area contributed by atoms with Gasteiger partial charge in [-0.2, -0.15) is 71.8 Å². The first-order chi connectivity index (χ1) is 6.88. The topological polar surface area (TPSA) is 0 Å². The first kappa shape index (κ1) is 12.2. The van der Waals surface area contributed by atoms with Gasteiger partial charge in [0, 0.05) is 0 Å². The fourth-order valence-corrected chi connectivity index (χ4v) is 1.52. The van der Waals surface area contributed by atoms with Crippen LogP contribution in [-0.4, -0.2) is 0 Å². The van der Waals surface area contributed by atoms with E-state index in [1.165, 1.54) is 11.1 Å². The second-order valence-electron chi connectivity index (χ2n) is 3.36. The number of hydrogen-bond acceptors (Lipinski definition) is 0. The second-order valence-corrected chi connectivity index (χ2v) is 3.36. The van der Waals surface area contributed by atoms with E-state index in [-0.39, 0.29) is 21.1 Å². The minimum Gasteiger partial charge on any atom is -0.180 e. The molecule has 0 bridgehead atoms. The predicted molar refractivity (Wildman–Crippen MR) is 58.1 cm³/mol. The van der Waals surface area contributed by atoms with Crippen molar-refractivity contribution in [2.45, 2.75) is 12.8 Å². The van der Waals surface area contributed by atoms with Crippen LogP contribution in [0.25, 0.3) is 0 Å². The van der Waals surface area contributed by atoms with Gasteiger partial charge >= 0.3 is 21.1 Å². The van der Waals surface area contributed by atoms with Gasteiger partial charge in [-0.1, -0.05) is 6.92 Å². The van der Waals surface area contributed by atoms with Crippen LogP contribution in [0.15, 0.2) is 48.5 Å². The summed E-state index contributed by atoms with van der Waals surface area (Å²) in [5, 5.41) is 0. The van der Waals surface area contributed by atoms with E-state index >= 15 is 0 Å². The molecule has 0 saturated carbocycles. The summed E-state index contributed by atoms with van der Waals surface area (Å²) in [6.45, 7) is 2.18. The van der Waals surface area contributed by atoms with Crippen molar-refractivity contribution in [1.29, 1.82) is 0 Å². The van der Waals surface area contributed by atoms with E-state index in [0.717, 1.165) is 0 Å². The zero-order chi connectivity index (χ0) is 9.80. The van der Waals surface area contributed by atoms with E-state index in [2.05, 4.69) is 31.2 Å². The molecule has 0 unspecified atom stereocenters. The van der Waals surface area contributed by atoms with E-state index in [1.54, 1.807) is 0 Å². The molecular formula is C14H12W. The molecule has 15 heavy (non-hydrogen) atoms. The Kier molecular flexibility index (Phi) is 4.78. The normalized spacial score (nSPS) is 9.73. The zero-order valence-corrected chi connectivity index (χ0v) is 11.5. The molecule has 0 saturated heterocycles. The molecule has 2 aromatic rings. The molecule has 1 heteroatoms. The van der Waals surface area contributed by atoms with Crippen molar-refractivity contribution in [2.24, 2.45) is 0 Å². The van der Waals surface area contributed by atoms with Gasteiger partial charge in [0.15, 0.2) is 0 Å². The Bertz CT molecular complexity index is 341. The summed E-state index contributed by atoms with van der Waals surface area (Å²) in [5.74, 6) is 0.373. The van der Waals surface area contributed by atoms with Crippen LogP contribution in [0.3, 0.4) is 0 Å². The van der Waals surface area contributed by atoms with Gasteiger partial charge < -0.3 is 0 Å². The molecule has 74 valence electrons. The summed E-state index contributed by atoms with van der Waals surface area (Å²) in [5.41, 5.74) is 2.44. The Balaban J connectivity index is 0.00000112. The van der Waals surface area contributed by atoms with Crippen LogP contribution in [0.5, 0.6) is 0 Å². The van der Waals surface area contributed by atoms with Crippen LogP contribution in [0.2, 0.25) is 0 Å². The Hall–Kier alpha value is -0.872. The minimum atomic E-state index is 0. The van der Waals surface area contributed by atoms with Crippen LogP contribution in [-0.2, 0) is 21.1 Å². The standard InChI is InChI=1S/C14H12.W/c1-12(13-8-4-2-5-9-13)14-10-6-3-7-11-14;/h2-8,10,12H,1H3;/q-2;+2. The van der Waals surface area contributed by atoms with Crippen LogP contribution < -0.4 is 0 Å². The Morgan fingerprint density at radius 1 is 0.867 bits per heavy atom. The van der Waals surface area contributed by atoms with Crippen molar-refractivity contribution >= 4 is 0 Å². The van der Waals surface area contributed by atoms with Crippen molar-refractivity contribution in [3.63, 3.8) is 0 Å². The van der Waals surface area contributed by atoms with Crippen molar-refractivity contribution in [3.05, 3.63) is 71.8 Å². The van der Waals surface area contributed by atoms with Gasteiger partial charge in [-0.05, 0) is 5.92 Å². The third-order valence-electron chi connectivity index (χ3n) is 2.40. The van der Waals surface area contributed by atoms with Crippen molar-refractivity contribution in [3.8, 4) is 0 Å². The average molecular weight is 364 g/mol. The molecule has 0 atom stereocenters. The maximum Gasteiger partial charge on any atom is 2.00 e. The van der Waals surface area contributed by atoms with Crippen molar-refractivity contribution in [2.75, 3.05) is 0 Å². The summed E-state index contributed by atoms with van der Waals surface area (Å²) in [4.78, 5) is 0. The summed E-state index contributed by atoms with van der Waals surface area (Å²) in [6.07, 6.45) is 0. The van der Waals surface area contributed by atoms with Crippen LogP contribution >= 0.6 is 0 Å². The molecule has 0 N–H and O–H groups in total. The van der Waals surface area contributed by atoms with Gasteiger partial charge in [-0.15, -0.1) is 0 Å². The van der Waals surface area contributed by atoms with Crippen LogP contribution in [0, 0.1) is 12.1 Å². The van der Waals surface area contributed by atoms with Crippen LogP contribution in [0.4, 0.5) is 0 Å². The third-order valence-corrected chi connectivity index (χ3v) is 2.40. The molecule has 0 amide bonds. The molecule has 0 radical (unpaired) electrons. The molecule has 0 nitrogen and oxygen atoms in total. The molecular weight excluding hydrogens is 352 g/mol. The van der Waals surface area contributed by atoms with Gasteiger partial charge in [0.1, 0.15) is 0 Å². The van der Waals surface area contributed by atoms with Crippen molar-refractivity contribution < 1.29 is 21.1 Å². The Morgan fingerprint density at radius 3 is 1.67 bits per heavy atom. The average Bonchev–Trinajstić information content (AvgIpc) is 2.30. The van der Waals surface area contributed by atoms with E-state index in [9.17, 15) is 0 Å². The molecule has 0 heterocycles. The minimum absolute atomic E-state index is 0. The molecule has 0 aromatic heterocycles. The van der Waals surface area contributed by atoms with E-state index in [4.69, 9.17) is 0 Å². The second kappa shape index (κ2) is 5.88. The number of benzene rings is 2.